The molecule has 3 heterocycles. The Hall–Kier alpha value is -3.55. The van der Waals surface area contributed by atoms with Crippen LogP contribution >= 0.6 is 0 Å². The largest absolute Gasteiger partial charge is 0.466 e. The predicted octanol–water partition coefficient (Wildman–Crippen LogP) is 4.04. The Morgan fingerprint density at radius 3 is 2.90 bits per heavy atom. The van der Waals surface area contributed by atoms with Crippen molar-refractivity contribution in [1.82, 2.24) is 19.9 Å². The zero-order valence-corrected chi connectivity index (χ0v) is 15.9. The average Bonchev–Trinajstić information content (AvgIpc) is 3.23. The van der Waals surface area contributed by atoms with Gasteiger partial charge in [-0.1, -0.05) is 24.3 Å². The molecule has 0 aliphatic carbocycles. The minimum atomic E-state index is -3.07. The van der Waals surface area contributed by atoms with Crippen molar-refractivity contribution in [3.8, 4) is 5.88 Å². The first-order valence-corrected chi connectivity index (χ1v) is 9.63. The molecule has 1 fully saturated rings. The number of amides is 1. The highest BCUT2D eigenvalue weighted by atomic mass is 19.3. The van der Waals surface area contributed by atoms with Crippen LogP contribution in [0.2, 0.25) is 0 Å². The van der Waals surface area contributed by atoms with E-state index >= 15 is 0 Å². The van der Waals surface area contributed by atoms with Crippen molar-refractivity contribution in [2.45, 2.75) is 18.4 Å². The van der Waals surface area contributed by atoms with Gasteiger partial charge in [-0.05, 0) is 24.3 Å². The van der Waals surface area contributed by atoms with Gasteiger partial charge in [0.25, 0.3) is 11.8 Å². The van der Waals surface area contributed by atoms with E-state index in [0.29, 0.717) is 16.6 Å². The van der Waals surface area contributed by atoms with Gasteiger partial charge in [-0.25, -0.2) is 18.7 Å². The molecule has 1 atom stereocenters. The van der Waals surface area contributed by atoms with E-state index in [1.54, 1.807) is 36.4 Å². The Kier molecular flexibility index (Phi) is 4.34. The molecule has 152 valence electrons. The van der Waals surface area contributed by atoms with Crippen LogP contribution in [0.15, 0.2) is 60.9 Å². The quantitative estimate of drug-likeness (QED) is 0.555. The van der Waals surface area contributed by atoms with Crippen molar-refractivity contribution in [1.29, 1.82) is 0 Å². The number of H-pyrrole nitrogens is 1. The van der Waals surface area contributed by atoms with Crippen LogP contribution in [0, 0.1) is 0 Å². The van der Waals surface area contributed by atoms with Gasteiger partial charge in [-0.15, -0.1) is 0 Å². The minimum absolute atomic E-state index is 0.0579. The van der Waals surface area contributed by atoms with Crippen molar-refractivity contribution >= 4 is 27.8 Å². The molecular weight excluding hydrogens is 390 g/mol. The standard InChI is InChI=1S/C22H18F2N4O2/c23-22(24)10-11-28(21(29)15-5-3-7-17-20(15)26-13-25-17)12-18(22)30-19-9-8-14-4-1-2-6-16(14)27-19/h1-9,13,18H,10-12H2,(H,25,26)/t18-/m0/s1. The lowest BCUT2D eigenvalue weighted by Gasteiger charge is -2.38. The van der Waals surface area contributed by atoms with Gasteiger partial charge in [-0.2, -0.15) is 0 Å². The zero-order valence-electron chi connectivity index (χ0n) is 15.9. The number of rotatable bonds is 3. The molecule has 1 N–H and O–H groups in total. The maximum atomic E-state index is 14.6. The Bertz CT molecular complexity index is 1240. The van der Waals surface area contributed by atoms with Crippen LogP contribution in [0.3, 0.4) is 0 Å². The van der Waals surface area contributed by atoms with E-state index in [0.717, 1.165) is 10.9 Å². The maximum Gasteiger partial charge on any atom is 0.287 e. The molecular formula is C22H18F2N4O2. The number of aromatic nitrogens is 3. The predicted molar refractivity (Wildman–Crippen MR) is 108 cm³/mol. The van der Waals surface area contributed by atoms with E-state index in [1.807, 2.05) is 18.2 Å². The number of fused-ring (bicyclic) bond motifs is 2. The second-order valence-electron chi connectivity index (χ2n) is 7.32. The van der Waals surface area contributed by atoms with Crippen molar-refractivity contribution in [2.24, 2.45) is 0 Å². The third kappa shape index (κ3) is 3.24. The Morgan fingerprint density at radius 1 is 1.13 bits per heavy atom. The fourth-order valence-electron chi connectivity index (χ4n) is 3.75. The van der Waals surface area contributed by atoms with Crippen LogP contribution in [-0.4, -0.2) is 50.9 Å². The molecule has 2 aromatic heterocycles. The van der Waals surface area contributed by atoms with Crippen LogP contribution in [0.25, 0.3) is 21.9 Å². The Labute approximate surface area is 170 Å². The number of nitrogens with zero attached hydrogens (tertiary/aromatic N) is 3. The van der Waals surface area contributed by atoms with Gasteiger partial charge < -0.3 is 14.6 Å². The first-order valence-electron chi connectivity index (χ1n) is 9.63. The van der Waals surface area contributed by atoms with Crippen molar-refractivity contribution in [3.05, 3.63) is 66.5 Å². The molecule has 1 amide bonds. The van der Waals surface area contributed by atoms with Crippen LogP contribution in [-0.2, 0) is 0 Å². The van der Waals surface area contributed by atoms with Gasteiger partial charge in [-0.3, -0.25) is 4.79 Å². The Balaban J connectivity index is 1.40. The number of benzene rings is 2. The molecule has 4 aromatic rings. The summed E-state index contributed by atoms with van der Waals surface area (Å²) in [7, 11) is 0. The molecule has 1 aliphatic heterocycles. The molecule has 0 saturated carbocycles. The first-order chi connectivity index (χ1) is 14.5. The van der Waals surface area contributed by atoms with Crippen molar-refractivity contribution in [2.75, 3.05) is 13.1 Å². The number of pyridine rings is 1. The van der Waals surface area contributed by atoms with Gasteiger partial charge in [0.05, 0.1) is 29.5 Å². The number of likely N-dealkylation sites (tertiary alicyclic amines) is 1. The van der Waals surface area contributed by atoms with Crippen LogP contribution in [0.1, 0.15) is 16.8 Å². The molecule has 6 nitrogen and oxygen atoms in total. The SMILES string of the molecule is O=C(c1cccc2[nH]cnc12)N1CCC(F)(F)[C@@H](Oc2ccc3ccccc3n2)C1. The third-order valence-electron chi connectivity index (χ3n) is 5.38. The molecule has 0 spiro atoms. The number of imidazole rings is 1. The van der Waals surface area contributed by atoms with Crippen molar-refractivity contribution < 1.29 is 18.3 Å². The lowest BCUT2D eigenvalue weighted by Crippen LogP contribution is -2.55. The minimum Gasteiger partial charge on any atom is -0.466 e. The number of hydrogen-bond acceptors (Lipinski definition) is 4. The van der Waals surface area contributed by atoms with E-state index in [-0.39, 0.29) is 24.9 Å². The van der Waals surface area contributed by atoms with Crippen LogP contribution in [0.5, 0.6) is 5.88 Å². The van der Waals surface area contributed by atoms with E-state index in [9.17, 15) is 13.6 Å². The second kappa shape index (κ2) is 7.05. The molecule has 0 radical (unpaired) electrons. The lowest BCUT2D eigenvalue weighted by atomic mass is 10.0. The summed E-state index contributed by atoms with van der Waals surface area (Å²) in [6, 6.07) is 15.9. The van der Waals surface area contributed by atoms with Gasteiger partial charge in [0.2, 0.25) is 5.88 Å². The van der Waals surface area contributed by atoms with Gasteiger partial charge in [0.15, 0.2) is 6.10 Å². The number of ether oxygens (including phenoxy) is 1. The number of para-hydroxylation sites is 2. The normalized spacial score (nSPS) is 18.6. The van der Waals surface area contributed by atoms with E-state index in [4.69, 9.17) is 4.74 Å². The fourth-order valence-corrected chi connectivity index (χ4v) is 3.75. The molecule has 2 aromatic carbocycles. The summed E-state index contributed by atoms with van der Waals surface area (Å²) in [5, 5.41) is 0.893. The molecule has 5 rings (SSSR count). The summed E-state index contributed by atoms with van der Waals surface area (Å²) in [4.78, 5) is 25.9. The number of piperidine rings is 1. The summed E-state index contributed by atoms with van der Waals surface area (Å²) in [6.07, 6.45) is -0.460. The summed E-state index contributed by atoms with van der Waals surface area (Å²) in [5.74, 6) is -3.30. The highest BCUT2D eigenvalue weighted by Gasteiger charge is 2.47. The van der Waals surface area contributed by atoms with Crippen LogP contribution < -0.4 is 4.74 Å². The van der Waals surface area contributed by atoms with E-state index in [2.05, 4.69) is 15.0 Å². The summed E-state index contributed by atoms with van der Waals surface area (Å²) < 4.78 is 34.8. The average molecular weight is 408 g/mol. The monoisotopic (exact) mass is 408 g/mol. The molecule has 1 aliphatic rings. The molecule has 8 heteroatoms. The smallest absolute Gasteiger partial charge is 0.287 e. The van der Waals surface area contributed by atoms with Crippen LogP contribution in [0.4, 0.5) is 8.78 Å². The number of alkyl halides is 2. The second-order valence-corrected chi connectivity index (χ2v) is 7.32. The number of nitrogens with one attached hydrogen (secondary N) is 1. The molecule has 0 bridgehead atoms. The topological polar surface area (TPSA) is 71.1 Å². The summed E-state index contributed by atoms with van der Waals surface area (Å²) in [6.45, 7) is -0.293. The number of hydrogen-bond donors (Lipinski definition) is 1. The molecule has 1 saturated heterocycles. The lowest BCUT2D eigenvalue weighted by molar-refractivity contribution is -0.131. The third-order valence-corrected chi connectivity index (χ3v) is 5.38. The summed E-state index contributed by atoms with van der Waals surface area (Å²) >= 11 is 0. The molecule has 0 unspecified atom stereocenters. The first kappa shape index (κ1) is 18.5. The summed E-state index contributed by atoms with van der Waals surface area (Å²) in [5.41, 5.74) is 2.28. The molecule has 30 heavy (non-hydrogen) atoms. The van der Waals surface area contributed by atoms with Crippen molar-refractivity contribution in [3.63, 3.8) is 0 Å². The number of carbonyl (C=O) groups excluding carboxylic acids is 1. The Morgan fingerprint density at radius 2 is 2.00 bits per heavy atom. The van der Waals surface area contributed by atoms with E-state index < -0.39 is 18.4 Å². The number of halogens is 2. The fraction of sp³-hybridized carbons (Fsp3) is 0.227. The highest BCUT2D eigenvalue weighted by molar-refractivity contribution is 6.04. The zero-order chi connectivity index (χ0) is 20.7. The van der Waals surface area contributed by atoms with Gasteiger partial charge in [0, 0.05) is 24.4 Å². The highest BCUT2D eigenvalue weighted by Crippen LogP contribution is 2.32. The number of aromatic amines is 1. The van der Waals surface area contributed by atoms with E-state index in [1.165, 1.54) is 11.2 Å². The van der Waals surface area contributed by atoms with Gasteiger partial charge >= 0.3 is 0 Å². The number of carbonyl (C=O) groups is 1. The maximum absolute atomic E-state index is 14.6. The van der Waals surface area contributed by atoms with Gasteiger partial charge in [0.1, 0.15) is 5.52 Å².